The number of aliphatic hydroxyl groups is 2. The van der Waals surface area contributed by atoms with Crippen LogP contribution in [0.3, 0.4) is 0 Å². The Hall–Kier alpha value is -2.70. The Kier molecular flexibility index (Phi) is 5.85. The number of hydrogen-bond acceptors (Lipinski definition) is 6. The van der Waals surface area contributed by atoms with Gasteiger partial charge < -0.3 is 19.0 Å². The third-order valence-corrected chi connectivity index (χ3v) is 2.89. The summed E-state index contributed by atoms with van der Waals surface area (Å²) in [4.78, 5) is 23.4. The Bertz CT molecular complexity index is 670. The molecule has 0 radical (unpaired) electrons. The number of carbonyl (C=O) groups excluding carboxylic acids is 2. The van der Waals surface area contributed by atoms with Crippen molar-refractivity contribution in [2.24, 2.45) is 0 Å². The monoisotopic (exact) mass is 316 g/mol. The zero-order valence-corrected chi connectivity index (χ0v) is 12.3. The zero-order chi connectivity index (χ0) is 16.7. The molecule has 2 aromatic heterocycles. The molecule has 0 fully saturated rings. The van der Waals surface area contributed by atoms with E-state index in [2.05, 4.69) is 0 Å². The number of hydrogen-bond donors (Lipinski definition) is 2. The number of aliphatic hydroxyl groups excluding tert-OH is 2. The first-order valence-electron chi connectivity index (χ1n) is 6.91. The summed E-state index contributed by atoms with van der Waals surface area (Å²) in [5.74, 6) is 0.929. The molecule has 2 aromatic rings. The van der Waals surface area contributed by atoms with E-state index < -0.39 is 0 Å². The summed E-state index contributed by atoms with van der Waals surface area (Å²) in [6, 6.07) is 6.43. The molecule has 0 spiro atoms. The highest BCUT2D eigenvalue weighted by Gasteiger charge is 2.05. The van der Waals surface area contributed by atoms with Gasteiger partial charge in [0.1, 0.15) is 36.3 Å². The fourth-order valence-corrected chi connectivity index (χ4v) is 1.78. The molecular formula is C17H16O6. The van der Waals surface area contributed by atoms with Gasteiger partial charge >= 0.3 is 0 Å². The van der Waals surface area contributed by atoms with Crippen LogP contribution in [-0.4, -0.2) is 21.8 Å². The molecule has 0 saturated heterocycles. The van der Waals surface area contributed by atoms with Gasteiger partial charge in [-0.2, -0.15) is 0 Å². The average Bonchev–Trinajstić information content (AvgIpc) is 3.19. The van der Waals surface area contributed by atoms with E-state index in [4.69, 9.17) is 19.0 Å². The maximum atomic E-state index is 11.7. The van der Waals surface area contributed by atoms with Crippen molar-refractivity contribution in [3.8, 4) is 0 Å². The van der Waals surface area contributed by atoms with E-state index in [0.717, 1.165) is 0 Å². The van der Waals surface area contributed by atoms with Gasteiger partial charge in [-0.25, -0.2) is 0 Å². The molecule has 0 aliphatic carbocycles. The van der Waals surface area contributed by atoms with Crippen LogP contribution in [0.25, 0.3) is 12.2 Å². The quantitative estimate of drug-likeness (QED) is 0.571. The van der Waals surface area contributed by atoms with Gasteiger partial charge in [0.05, 0.1) is 6.42 Å². The fourth-order valence-electron chi connectivity index (χ4n) is 1.78. The van der Waals surface area contributed by atoms with E-state index in [1.807, 2.05) is 0 Å². The fraction of sp³-hybridized carbons (Fsp3) is 0.176. The number of furan rings is 2. The summed E-state index contributed by atoms with van der Waals surface area (Å²) >= 11 is 0. The second-order valence-electron chi connectivity index (χ2n) is 4.70. The smallest absolute Gasteiger partial charge is 0.163 e. The van der Waals surface area contributed by atoms with E-state index in [1.54, 1.807) is 24.3 Å². The lowest BCUT2D eigenvalue weighted by molar-refractivity contribution is -0.121. The van der Waals surface area contributed by atoms with E-state index in [-0.39, 0.29) is 31.2 Å². The van der Waals surface area contributed by atoms with Gasteiger partial charge in [-0.1, -0.05) is 0 Å². The van der Waals surface area contributed by atoms with Crippen molar-refractivity contribution in [3.05, 3.63) is 59.5 Å². The van der Waals surface area contributed by atoms with E-state index in [9.17, 15) is 9.59 Å². The number of allylic oxidation sites excluding steroid dienone is 2. The van der Waals surface area contributed by atoms with Crippen molar-refractivity contribution >= 4 is 23.7 Å². The van der Waals surface area contributed by atoms with Crippen molar-refractivity contribution in [3.63, 3.8) is 0 Å². The molecule has 120 valence electrons. The molecule has 0 bridgehead atoms. The van der Waals surface area contributed by atoms with Gasteiger partial charge in [0, 0.05) is 0 Å². The van der Waals surface area contributed by atoms with Crippen LogP contribution in [0.1, 0.15) is 29.5 Å². The molecule has 2 N–H and O–H groups in total. The molecular weight excluding hydrogens is 300 g/mol. The minimum Gasteiger partial charge on any atom is -0.459 e. The predicted molar refractivity (Wildman–Crippen MR) is 82.0 cm³/mol. The largest absolute Gasteiger partial charge is 0.459 e. The van der Waals surface area contributed by atoms with Crippen molar-refractivity contribution < 1.29 is 28.6 Å². The second kappa shape index (κ2) is 8.07. The summed E-state index contributed by atoms with van der Waals surface area (Å²) in [7, 11) is 0. The van der Waals surface area contributed by atoms with Crippen LogP contribution in [0.2, 0.25) is 0 Å². The standard InChI is InChI=1S/C17H16O6/c18-10-16-7-5-14(22-16)3-1-12(20)9-13(21)2-4-15-6-8-17(11-19)23-15/h1-8,18-19H,9-11H2/b3-1+,4-2+. The zero-order valence-electron chi connectivity index (χ0n) is 12.3. The lowest BCUT2D eigenvalue weighted by Gasteiger charge is -1.91. The van der Waals surface area contributed by atoms with Crippen molar-refractivity contribution in [1.82, 2.24) is 0 Å². The van der Waals surface area contributed by atoms with Crippen LogP contribution >= 0.6 is 0 Å². The lowest BCUT2D eigenvalue weighted by atomic mass is 10.1. The minimum absolute atomic E-state index is 0.212. The molecule has 0 atom stereocenters. The van der Waals surface area contributed by atoms with Gasteiger partial charge in [0.25, 0.3) is 0 Å². The van der Waals surface area contributed by atoms with Gasteiger partial charge in [-0.15, -0.1) is 0 Å². The van der Waals surface area contributed by atoms with Crippen LogP contribution in [0, 0.1) is 0 Å². The van der Waals surface area contributed by atoms with Gasteiger partial charge in [0.2, 0.25) is 0 Å². The third-order valence-electron chi connectivity index (χ3n) is 2.89. The average molecular weight is 316 g/mol. The van der Waals surface area contributed by atoms with Crippen LogP contribution in [0.5, 0.6) is 0 Å². The van der Waals surface area contributed by atoms with E-state index >= 15 is 0 Å². The summed E-state index contributed by atoms with van der Waals surface area (Å²) in [5.41, 5.74) is 0. The van der Waals surface area contributed by atoms with Crippen LogP contribution < -0.4 is 0 Å². The van der Waals surface area contributed by atoms with Crippen molar-refractivity contribution in [1.29, 1.82) is 0 Å². The molecule has 6 heteroatoms. The molecule has 0 unspecified atom stereocenters. The number of rotatable bonds is 8. The Morgan fingerprint density at radius 3 is 1.61 bits per heavy atom. The van der Waals surface area contributed by atoms with Gasteiger partial charge in [-0.05, 0) is 48.6 Å². The van der Waals surface area contributed by atoms with Crippen LogP contribution in [-0.2, 0) is 22.8 Å². The SMILES string of the molecule is O=C(/C=C/c1ccc(CO)o1)CC(=O)/C=C/c1ccc(CO)o1. The third kappa shape index (κ3) is 5.21. The highest BCUT2D eigenvalue weighted by Crippen LogP contribution is 2.11. The second-order valence-corrected chi connectivity index (χ2v) is 4.70. The summed E-state index contributed by atoms with van der Waals surface area (Å²) < 4.78 is 10.4. The number of ketones is 2. The molecule has 2 heterocycles. The Morgan fingerprint density at radius 2 is 1.26 bits per heavy atom. The topological polar surface area (TPSA) is 101 Å². The summed E-state index contributed by atoms with van der Waals surface area (Å²) in [6.07, 6.45) is 5.12. The normalized spacial score (nSPS) is 11.6. The Balaban J connectivity index is 1.85. The predicted octanol–water partition coefficient (Wildman–Crippen LogP) is 2.11. The molecule has 0 aromatic carbocycles. The highest BCUT2D eigenvalue weighted by molar-refractivity contribution is 6.10. The number of carbonyl (C=O) groups is 2. The van der Waals surface area contributed by atoms with Gasteiger partial charge in [-0.3, -0.25) is 9.59 Å². The molecule has 0 aliphatic rings. The first kappa shape index (κ1) is 16.7. The maximum Gasteiger partial charge on any atom is 0.163 e. The molecule has 0 aliphatic heterocycles. The van der Waals surface area contributed by atoms with Crippen molar-refractivity contribution in [2.45, 2.75) is 19.6 Å². The molecule has 0 saturated carbocycles. The highest BCUT2D eigenvalue weighted by atomic mass is 16.4. The van der Waals surface area contributed by atoms with Crippen LogP contribution in [0.4, 0.5) is 0 Å². The summed E-state index contributed by atoms with van der Waals surface area (Å²) in [6.45, 7) is -0.425. The molecule has 2 rings (SSSR count). The molecule has 23 heavy (non-hydrogen) atoms. The molecule has 0 amide bonds. The molecule has 6 nitrogen and oxygen atoms in total. The first-order chi connectivity index (χ1) is 11.1. The van der Waals surface area contributed by atoms with Crippen LogP contribution in [0.15, 0.2) is 45.3 Å². The van der Waals surface area contributed by atoms with Crippen molar-refractivity contribution in [2.75, 3.05) is 0 Å². The summed E-state index contributed by atoms with van der Waals surface area (Å²) in [5, 5.41) is 17.7. The maximum absolute atomic E-state index is 11.7. The van der Waals surface area contributed by atoms with E-state index in [1.165, 1.54) is 24.3 Å². The van der Waals surface area contributed by atoms with Gasteiger partial charge in [0.15, 0.2) is 11.6 Å². The minimum atomic E-state index is -0.364. The Morgan fingerprint density at radius 1 is 0.826 bits per heavy atom. The van der Waals surface area contributed by atoms with E-state index in [0.29, 0.717) is 23.0 Å². The lowest BCUT2D eigenvalue weighted by Crippen LogP contribution is -2.01. The first-order valence-corrected chi connectivity index (χ1v) is 6.91. The Labute approximate surface area is 132 Å².